The number of fused-ring (bicyclic) bond motifs is 1. The van der Waals surface area contributed by atoms with Gasteiger partial charge < -0.3 is 9.32 Å². The van der Waals surface area contributed by atoms with Gasteiger partial charge in [-0.1, -0.05) is 12.6 Å². The van der Waals surface area contributed by atoms with Gasteiger partial charge >= 0.3 is 0 Å². The second-order valence-electron chi connectivity index (χ2n) is 7.41. The number of carbonyl (C=O) groups is 2. The lowest BCUT2D eigenvalue weighted by Gasteiger charge is -2.27. The Labute approximate surface area is 175 Å². The van der Waals surface area contributed by atoms with Gasteiger partial charge in [-0.3, -0.25) is 14.9 Å². The Morgan fingerprint density at radius 3 is 2.57 bits per heavy atom. The first-order valence-corrected chi connectivity index (χ1v) is 11.3. The van der Waals surface area contributed by atoms with Crippen LogP contribution >= 0.6 is 0 Å². The highest BCUT2D eigenvalue weighted by molar-refractivity contribution is 7.89. The number of nitrogens with one attached hydrogen (secondary N) is 1. The molecule has 1 saturated heterocycles. The number of amides is 2. The number of carbonyl (C=O) groups excluding carboxylic acids is 2. The molecule has 2 aromatic rings. The van der Waals surface area contributed by atoms with Gasteiger partial charge in [-0.2, -0.15) is 4.31 Å². The van der Waals surface area contributed by atoms with Crippen LogP contribution in [-0.2, 0) is 27.9 Å². The van der Waals surface area contributed by atoms with Crippen molar-refractivity contribution in [3.8, 4) is 0 Å². The van der Waals surface area contributed by atoms with E-state index in [-0.39, 0.29) is 29.8 Å². The lowest BCUT2D eigenvalue weighted by molar-refractivity contribution is -0.112. The first kappa shape index (κ1) is 20.4. The van der Waals surface area contributed by atoms with Crippen LogP contribution in [0.3, 0.4) is 0 Å². The van der Waals surface area contributed by atoms with E-state index >= 15 is 0 Å². The zero-order valence-corrected chi connectivity index (χ0v) is 17.3. The highest BCUT2D eigenvalue weighted by Gasteiger charge is 2.34. The molecular formula is C21H23N3O5S. The van der Waals surface area contributed by atoms with E-state index < -0.39 is 15.9 Å². The van der Waals surface area contributed by atoms with Gasteiger partial charge in [0.25, 0.3) is 5.91 Å². The molecule has 0 bridgehead atoms. The molecule has 2 amide bonds. The highest BCUT2D eigenvalue weighted by Crippen LogP contribution is 2.33. The molecule has 2 aliphatic heterocycles. The zero-order valence-electron chi connectivity index (χ0n) is 16.5. The van der Waals surface area contributed by atoms with Crippen LogP contribution in [-0.4, -0.2) is 42.5 Å². The van der Waals surface area contributed by atoms with Crippen molar-refractivity contribution in [1.29, 1.82) is 0 Å². The molecule has 3 heterocycles. The second kappa shape index (κ2) is 8.08. The fourth-order valence-corrected chi connectivity index (χ4v) is 5.18. The summed E-state index contributed by atoms with van der Waals surface area (Å²) in [5, 5.41) is 2.52. The van der Waals surface area contributed by atoms with Crippen LogP contribution in [0.2, 0.25) is 0 Å². The van der Waals surface area contributed by atoms with Crippen molar-refractivity contribution in [2.45, 2.75) is 37.2 Å². The standard InChI is InChI=1S/C21H23N3O5S/c1-2-19(25)22-20-12-16-13-24(14-18(16)29-20)30(27,28)17-8-6-7-15(11-17)21(26)23-9-4-3-5-10-23/h2,6-8,11-12H,1,3-5,9-10,13-14H2,(H,22,25). The number of rotatable bonds is 5. The SMILES string of the molecule is C=CC(=O)Nc1cc2c(o1)CN(S(=O)(=O)c1cccc(C(=O)N3CCCCC3)c1)C2. The Bertz CT molecular complexity index is 1080. The van der Waals surface area contributed by atoms with E-state index in [0.717, 1.165) is 25.3 Å². The maximum Gasteiger partial charge on any atom is 0.253 e. The van der Waals surface area contributed by atoms with Crippen LogP contribution in [0.15, 0.2) is 52.3 Å². The second-order valence-corrected chi connectivity index (χ2v) is 9.34. The molecule has 1 aromatic carbocycles. The third-order valence-corrected chi connectivity index (χ3v) is 7.14. The van der Waals surface area contributed by atoms with Gasteiger partial charge in [0.05, 0.1) is 11.4 Å². The number of sulfonamides is 1. The molecule has 158 valence electrons. The largest absolute Gasteiger partial charge is 0.444 e. The number of anilines is 1. The number of hydrogen-bond donors (Lipinski definition) is 1. The minimum atomic E-state index is -3.80. The summed E-state index contributed by atoms with van der Waals surface area (Å²) in [7, 11) is -3.80. The van der Waals surface area contributed by atoms with E-state index in [1.165, 1.54) is 16.4 Å². The van der Waals surface area contributed by atoms with Gasteiger partial charge in [-0.05, 0) is 43.5 Å². The summed E-state index contributed by atoms with van der Waals surface area (Å²) < 4.78 is 33.1. The van der Waals surface area contributed by atoms with Crippen molar-refractivity contribution in [3.63, 3.8) is 0 Å². The summed E-state index contributed by atoms with van der Waals surface area (Å²) in [5.41, 5.74) is 1.07. The number of nitrogens with zero attached hydrogens (tertiary/aromatic N) is 2. The fourth-order valence-electron chi connectivity index (χ4n) is 3.76. The molecule has 0 aliphatic carbocycles. The average Bonchev–Trinajstić information content (AvgIpc) is 3.33. The maximum atomic E-state index is 13.1. The summed E-state index contributed by atoms with van der Waals surface area (Å²) in [6.07, 6.45) is 4.18. The molecule has 0 atom stereocenters. The molecule has 4 rings (SSSR count). The molecule has 0 saturated carbocycles. The van der Waals surface area contributed by atoms with E-state index in [9.17, 15) is 18.0 Å². The molecule has 1 fully saturated rings. The number of hydrogen-bond acceptors (Lipinski definition) is 5. The quantitative estimate of drug-likeness (QED) is 0.737. The van der Waals surface area contributed by atoms with Crippen LogP contribution < -0.4 is 5.32 Å². The molecule has 0 radical (unpaired) electrons. The summed E-state index contributed by atoms with van der Waals surface area (Å²) >= 11 is 0. The lowest BCUT2D eigenvalue weighted by atomic mass is 10.1. The average molecular weight is 429 g/mol. The fraction of sp³-hybridized carbons (Fsp3) is 0.333. The van der Waals surface area contributed by atoms with Crippen LogP contribution in [0.1, 0.15) is 40.9 Å². The number of likely N-dealkylation sites (tertiary alicyclic amines) is 1. The van der Waals surface area contributed by atoms with Gasteiger partial charge in [0.1, 0.15) is 5.76 Å². The Morgan fingerprint density at radius 1 is 1.10 bits per heavy atom. The minimum absolute atomic E-state index is 0.0614. The predicted octanol–water partition coefficient (Wildman–Crippen LogP) is 2.73. The summed E-state index contributed by atoms with van der Waals surface area (Å²) in [4.78, 5) is 26.0. The molecule has 2 aliphatic rings. The van der Waals surface area contributed by atoms with E-state index in [0.29, 0.717) is 30.0 Å². The Morgan fingerprint density at radius 2 is 1.87 bits per heavy atom. The van der Waals surface area contributed by atoms with Crippen LogP contribution in [0, 0.1) is 0 Å². The lowest BCUT2D eigenvalue weighted by Crippen LogP contribution is -2.35. The topological polar surface area (TPSA) is 99.9 Å². The molecule has 8 nitrogen and oxygen atoms in total. The smallest absolute Gasteiger partial charge is 0.253 e. The monoisotopic (exact) mass is 429 g/mol. The van der Waals surface area contributed by atoms with E-state index in [4.69, 9.17) is 4.42 Å². The summed E-state index contributed by atoms with van der Waals surface area (Å²) in [5.74, 6) is 0.208. The van der Waals surface area contributed by atoms with Gasteiger partial charge in [-0.15, -0.1) is 0 Å². The Balaban J connectivity index is 1.51. The predicted molar refractivity (Wildman–Crippen MR) is 110 cm³/mol. The van der Waals surface area contributed by atoms with Gasteiger partial charge in [-0.25, -0.2) is 8.42 Å². The van der Waals surface area contributed by atoms with E-state index in [1.54, 1.807) is 23.1 Å². The first-order chi connectivity index (χ1) is 14.4. The Kier molecular flexibility index (Phi) is 5.48. The molecule has 1 N–H and O–H groups in total. The van der Waals surface area contributed by atoms with Crippen LogP contribution in [0.4, 0.5) is 5.88 Å². The molecular weight excluding hydrogens is 406 g/mol. The molecule has 0 spiro atoms. The third kappa shape index (κ3) is 3.90. The maximum absolute atomic E-state index is 13.1. The van der Waals surface area contributed by atoms with E-state index in [2.05, 4.69) is 11.9 Å². The van der Waals surface area contributed by atoms with Crippen molar-refractivity contribution in [2.75, 3.05) is 18.4 Å². The van der Waals surface area contributed by atoms with Gasteiger partial charge in [0.2, 0.25) is 15.9 Å². The number of piperidine rings is 1. The number of benzene rings is 1. The van der Waals surface area contributed by atoms with Crippen molar-refractivity contribution in [2.24, 2.45) is 0 Å². The first-order valence-electron chi connectivity index (χ1n) is 9.83. The molecule has 30 heavy (non-hydrogen) atoms. The normalized spacial score (nSPS) is 16.9. The summed E-state index contributed by atoms with van der Waals surface area (Å²) in [6.45, 7) is 4.98. The molecule has 1 aromatic heterocycles. The number of furan rings is 1. The van der Waals surface area contributed by atoms with Crippen LogP contribution in [0.25, 0.3) is 0 Å². The van der Waals surface area contributed by atoms with Gasteiger partial charge in [0.15, 0.2) is 5.88 Å². The van der Waals surface area contributed by atoms with Crippen LogP contribution in [0.5, 0.6) is 0 Å². The Hall–Kier alpha value is -2.91. The van der Waals surface area contributed by atoms with Crippen molar-refractivity contribution in [3.05, 3.63) is 59.9 Å². The van der Waals surface area contributed by atoms with Crippen molar-refractivity contribution in [1.82, 2.24) is 9.21 Å². The third-order valence-electron chi connectivity index (χ3n) is 5.36. The van der Waals surface area contributed by atoms with Crippen molar-refractivity contribution >= 4 is 27.7 Å². The zero-order chi connectivity index (χ0) is 21.3. The highest BCUT2D eigenvalue weighted by atomic mass is 32.2. The van der Waals surface area contributed by atoms with Gasteiger partial charge in [0, 0.05) is 36.8 Å². The van der Waals surface area contributed by atoms with E-state index in [1.807, 2.05) is 0 Å². The molecule has 9 heteroatoms. The summed E-state index contributed by atoms with van der Waals surface area (Å²) in [6, 6.07) is 7.81. The minimum Gasteiger partial charge on any atom is -0.444 e. The van der Waals surface area contributed by atoms with Crippen molar-refractivity contribution < 1.29 is 22.4 Å². The molecule has 0 unspecified atom stereocenters.